The SMILES string of the molecule is CCOC(=O)c1cc2c(-c3cccc4cccnc34)nc(N)nc2s1. The van der Waals surface area contributed by atoms with E-state index in [0.717, 1.165) is 21.9 Å². The van der Waals surface area contributed by atoms with Crippen molar-refractivity contribution in [3.63, 3.8) is 0 Å². The summed E-state index contributed by atoms with van der Waals surface area (Å²) < 4.78 is 5.08. The Kier molecular flexibility index (Phi) is 3.77. The number of ether oxygens (including phenoxy) is 1. The van der Waals surface area contributed by atoms with Crippen molar-refractivity contribution in [1.29, 1.82) is 0 Å². The largest absolute Gasteiger partial charge is 0.462 e. The van der Waals surface area contributed by atoms with Gasteiger partial charge in [0.1, 0.15) is 9.71 Å². The monoisotopic (exact) mass is 350 g/mol. The van der Waals surface area contributed by atoms with Crippen LogP contribution in [0.25, 0.3) is 32.4 Å². The predicted octanol–water partition coefficient (Wildman–Crippen LogP) is 3.67. The normalized spacial score (nSPS) is 11.1. The van der Waals surface area contributed by atoms with Gasteiger partial charge in [-0.1, -0.05) is 24.3 Å². The molecular weight excluding hydrogens is 336 g/mol. The van der Waals surface area contributed by atoms with Crippen molar-refractivity contribution in [2.24, 2.45) is 0 Å². The third-order valence-electron chi connectivity index (χ3n) is 3.77. The van der Waals surface area contributed by atoms with Crippen LogP contribution >= 0.6 is 11.3 Å². The smallest absolute Gasteiger partial charge is 0.348 e. The van der Waals surface area contributed by atoms with E-state index in [4.69, 9.17) is 10.5 Å². The molecule has 0 aliphatic carbocycles. The highest BCUT2D eigenvalue weighted by molar-refractivity contribution is 7.20. The van der Waals surface area contributed by atoms with Crippen LogP contribution in [0.4, 0.5) is 5.95 Å². The van der Waals surface area contributed by atoms with Gasteiger partial charge in [0.25, 0.3) is 0 Å². The Hall–Kier alpha value is -3.06. The van der Waals surface area contributed by atoms with Gasteiger partial charge in [-0.05, 0) is 19.1 Å². The van der Waals surface area contributed by atoms with Crippen LogP contribution in [0.1, 0.15) is 16.6 Å². The van der Waals surface area contributed by atoms with E-state index in [0.29, 0.717) is 22.0 Å². The van der Waals surface area contributed by atoms with Crippen LogP contribution in [-0.2, 0) is 4.74 Å². The molecule has 124 valence electrons. The predicted molar refractivity (Wildman–Crippen MR) is 98.5 cm³/mol. The van der Waals surface area contributed by atoms with E-state index in [1.807, 2.05) is 30.3 Å². The third kappa shape index (κ3) is 2.68. The van der Waals surface area contributed by atoms with Gasteiger partial charge in [0.15, 0.2) is 0 Å². The van der Waals surface area contributed by atoms with Crippen molar-refractivity contribution in [3.05, 3.63) is 47.5 Å². The number of anilines is 1. The Bertz CT molecular complexity index is 1100. The first-order chi connectivity index (χ1) is 12.2. The number of nitrogen functional groups attached to an aromatic ring is 1. The second-order valence-electron chi connectivity index (χ2n) is 5.36. The van der Waals surface area contributed by atoms with Crippen LogP contribution in [0.5, 0.6) is 0 Å². The number of hydrogen-bond acceptors (Lipinski definition) is 7. The fourth-order valence-electron chi connectivity index (χ4n) is 2.74. The van der Waals surface area contributed by atoms with E-state index >= 15 is 0 Å². The van der Waals surface area contributed by atoms with Crippen LogP contribution in [0.2, 0.25) is 0 Å². The van der Waals surface area contributed by atoms with Crippen molar-refractivity contribution >= 4 is 44.4 Å². The lowest BCUT2D eigenvalue weighted by atomic mass is 10.0. The number of esters is 1. The Morgan fingerprint density at radius 3 is 2.92 bits per heavy atom. The average molecular weight is 350 g/mol. The number of fused-ring (bicyclic) bond motifs is 2. The van der Waals surface area contributed by atoms with E-state index < -0.39 is 0 Å². The van der Waals surface area contributed by atoms with Gasteiger partial charge in [-0.2, -0.15) is 0 Å². The summed E-state index contributed by atoms with van der Waals surface area (Å²) >= 11 is 1.25. The highest BCUT2D eigenvalue weighted by atomic mass is 32.1. The molecule has 2 N–H and O–H groups in total. The zero-order valence-electron chi connectivity index (χ0n) is 13.4. The molecular formula is C18H14N4O2S. The molecule has 4 aromatic rings. The molecule has 0 unspecified atom stereocenters. The summed E-state index contributed by atoms with van der Waals surface area (Å²) in [6.45, 7) is 2.09. The fourth-order valence-corrected chi connectivity index (χ4v) is 3.67. The summed E-state index contributed by atoms with van der Waals surface area (Å²) in [5.74, 6) is -0.209. The number of benzene rings is 1. The number of thiophene rings is 1. The summed E-state index contributed by atoms with van der Waals surface area (Å²) in [5.41, 5.74) is 8.24. The Morgan fingerprint density at radius 2 is 2.08 bits per heavy atom. The van der Waals surface area contributed by atoms with Crippen molar-refractivity contribution in [2.45, 2.75) is 6.92 Å². The molecule has 3 heterocycles. The maximum atomic E-state index is 12.1. The molecule has 1 aromatic carbocycles. The maximum absolute atomic E-state index is 12.1. The molecule has 0 spiro atoms. The van der Waals surface area contributed by atoms with Crippen LogP contribution < -0.4 is 5.73 Å². The summed E-state index contributed by atoms with van der Waals surface area (Å²) in [6, 6.07) is 11.5. The van der Waals surface area contributed by atoms with E-state index in [9.17, 15) is 4.79 Å². The molecule has 0 aliphatic heterocycles. The summed E-state index contributed by atoms with van der Waals surface area (Å²) in [7, 11) is 0. The Morgan fingerprint density at radius 1 is 1.24 bits per heavy atom. The summed E-state index contributed by atoms with van der Waals surface area (Å²) in [5, 5.41) is 1.77. The number of para-hydroxylation sites is 1. The van der Waals surface area contributed by atoms with Crippen molar-refractivity contribution in [3.8, 4) is 11.3 Å². The van der Waals surface area contributed by atoms with Gasteiger partial charge in [-0.15, -0.1) is 11.3 Å². The van der Waals surface area contributed by atoms with Crippen molar-refractivity contribution in [1.82, 2.24) is 15.0 Å². The van der Waals surface area contributed by atoms with Gasteiger partial charge in [-0.3, -0.25) is 4.98 Å². The van der Waals surface area contributed by atoms with Gasteiger partial charge >= 0.3 is 5.97 Å². The average Bonchev–Trinajstić information content (AvgIpc) is 3.05. The van der Waals surface area contributed by atoms with E-state index in [-0.39, 0.29) is 11.9 Å². The number of rotatable bonds is 3. The molecule has 3 aromatic heterocycles. The molecule has 0 radical (unpaired) electrons. The van der Waals surface area contributed by atoms with Crippen molar-refractivity contribution < 1.29 is 9.53 Å². The van der Waals surface area contributed by atoms with Crippen molar-refractivity contribution in [2.75, 3.05) is 12.3 Å². The Balaban J connectivity index is 1.99. The zero-order valence-corrected chi connectivity index (χ0v) is 14.2. The second-order valence-corrected chi connectivity index (χ2v) is 6.39. The van der Waals surface area contributed by atoms with Crippen LogP contribution in [-0.4, -0.2) is 27.5 Å². The first kappa shape index (κ1) is 15.5. The van der Waals surface area contributed by atoms with E-state index in [2.05, 4.69) is 15.0 Å². The minimum absolute atomic E-state index is 0.160. The van der Waals surface area contributed by atoms with Gasteiger partial charge in [0.05, 0.1) is 17.8 Å². The quantitative estimate of drug-likeness (QED) is 0.567. The molecule has 0 fully saturated rings. The molecule has 4 rings (SSSR count). The minimum atomic E-state index is -0.369. The lowest BCUT2D eigenvalue weighted by molar-refractivity contribution is 0.0532. The van der Waals surface area contributed by atoms with Gasteiger partial charge in [-0.25, -0.2) is 14.8 Å². The van der Waals surface area contributed by atoms with Gasteiger partial charge in [0.2, 0.25) is 5.95 Å². The minimum Gasteiger partial charge on any atom is -0.462 e. The first-order valence-electron chi connectivity index (χ1n) is 7.75. The van der Waals surface area contributed by atoms with Crippen LogP contribution in [0, 0.1) is 0 Å². The molecule has 6 nitrogen and oxygen atoms in total. The number of carbonyl (C=O) groups is 1. The number of nitrogens with zero attached hydrogens (tertiary/aromatic N) is 3. The molecule has 0 saturated carbocycles. The number of pyridine rings is 1. The third-order valence-corrected chi connectivity index (χ3v) is 4.78. The van der Waals surface area contributed by atoms with Gasteiger partial charge in [0, 0.05) is 22.5 Å². The fraction of sp³-hybridized carbons (Fsp3) is 0.111. The number of aromatic nitrogens is 3. The van der Waals surface area contributed by atoms with E-state index in [1.54, 1.807) is 19.2 Å². The first-order valence-corrected chi connectivity index (χ1v) is 8.57. The molecule has 0 amide bonds. The highest BCUT2D eigenvalue weighted by Gasteiger charge is 2.18. The van der Waals surface area contributed by atoms with Crippen LogP contribution in [0.15, 0.2) is 42.6 Å². The lowest BCUT2D eigenvalue weighted by Gasteiger charge is -2.07. The topological polar surface area (TPSA) is 91.0 Å². The standard InChI is InChI=1S/C18H14N4O2S/c1-2-24-17(23)13-9-12-15(21-18(19)22-16(12)25-13)11-7-3-5-10-6-4-8-20-14(10)11/h3-9H,2H2,1H3,(H2,19,21,22). The molecule has 0 bridgehead atoms. The van der Waals surface area contributed by atoms with Crippen LogP contribution in [0.3, 0.4) is 0 Å². The summed E-state index contributed by atoms with van der Waals surface area (Å²) in [4.78, 5) is 26.3. The zero-order chi connectivity index (χ0) is 17.4. The summed E-state index contributed by atoms with van der Waals surface area (Å²) in [6.07, 6.45) is 1.74. The molecule has 25 heavy (non-hydrogen) atoms. The second kappa shape index (κ2) is 6.10. The maximum Gasteiger partial charge on any atom is 0.348 e. The number of nitrogens with two attached hydrogens (primary N) is 1. The number of carbonyl (C=O) groups excluding carboxylic acids is 1. The molecule has 0 saturated heterocycles. The number of hydrogen-bond donors (Lipinski definition) is 1. The molecule has 0 aliphatic rings. The Labute approximate surface area is 147 Å². The van der Waals surface area contributed by atoms with Gasteiger partial charge < -0.3 is 10.5 Å². The van der Waals surface area contributed by atoms with E-state index in [1.165, 1.54) is 11.3 Å². The highest BCUT2D eigenvalue weighted by Crippen LogP contribution is 2.35. The lowest BCUT2D eigenvalue weighted by Crippen LogP contribution is -2.01. The molecule has 7 heteroatoms. The molecule has 0 atom stereocenters.